The van der Waals surface area contributed by atoms with E-state index >= 15 is 0 Å². The van der Waals surface area contributed by atoms with Crippen LogP contribution in [0.25, 0.3) is 0 Å². The van der Waals surface area contributed by atoms with E-state index in [-0.39, 0.29) is 11.6 Å². The Balaban J connectivity index is 1.78. The van der Waals surface area contributed by atoms with Gasteiger partial charge in [0.2, 0.25) is 0 Å². The molecule has 2 aromatic heterocycles. The SMILES string of the molecule is Cc1csc(C(=O)NCCCc2n[nH]c(=O)[nH]2)c1Br. The minimum Gasteiger partial charge on any atom is -0.351 e. The molecule has 3 N–H and O–H groups in total. The third kappa shape index (κ3) is 3.54. The highest BCUT2D eigenvalue weighted by Crippen LogP contribution is 2.27. The number of H-pyrrole nitrogens is 2. The summed E-state index contributed by atoms with van der Waals surface area (Å²) in [6.45, 7) is 2.49. The Bertz CT molecular complexity index is 631. The van der Waals surface area contributed by atoms with E-state index in [1.165, 1.54) is 11.3 Å². The van der Waals surface area contributed by atoms with Crippen LogP contribution in [-0.2, 0) is 6.42 Å². The summed E-state index contributed by atoms with van der Waals surface area (Å²) in [6, 6.07) is 0. The summed E-state index contributed by atoms with van der Waals surface area (Å²) in [6.07, 6.45) is 1.33. The first kappa shape index (κ1) is 14.0. The maximum absolute atomic E-state index is 11.9. The van der Waals surface area contributed by atoms with Crippen molar-refractivity contribution in [1.29, 1.82) is 0 Å². The predicted molar refractivity (Wildman–Crippen MR) is 76.6 cm³/mol. The monoisotopic (exact) mass is 344 g/mol. The summed E-state index contributed by atoms with van der Waals surface area (Å²) in [4.78, 5) is 25.9. The largest absolute Gasteiger partial charge is 0.351 e. The van der Waals surface area contributed by atoms with Crippen molar-refractivity contribution in [2.24, 2.45) is 0 Å². The van der Waals surface area contributed by atoms with Gasteiger partial charge in [-0.2, -0.15) is 5.10 Å². The van der Waals surface area contributed by atoms with Crippen molar-refractivity contribution >= 4 is 33.2 Å². The van der Waals surface area contributed by atoms with Crippen LogP contribution in [0.5, 0.6) is 0 Å². The molecular formula is C11H13BrN4O2S. The van der Waals surface area contributed by atoms with Crippen LogP contribution in [0.4, 0.5) is 0 Å². The summed E-state index contributed by atoms with van der Waals surface area (Å²) in [5, 5.41) is 10.9. The van der Waals surface area contributed by atoms with Crippen LogP contribution in [0.1, 0.15) is 27.5 Å². The second kappa shape index (κ2) is 6.16. The van der Waals surface area contributed by atoms with Crippen LogP contribution in [0.2, 0.25) is 0 Å². The molecular weight excluding hydrogens is 332 g/mol. The molecule has 0 saturated heterocycles. The average Bonchev–Trinajstić information content (AvgIpc) is 2.93. The van der Waals surface area contributed by atoms with Crippen LogP contribution in [0.15, 0.2) is 14.6 Å². The number of hydrogen-bond acceptors (Lipinski definition) is 4. The number of carbonyl (C=O) groups excluding carboxylic acids is 1. The summed E-state index contributed by atoms with van der Waals surface area (Å²) in [5.41, 5.74) is 0.751. The molecule has 1 amide bonds. The molecule has 0 aliphatic heterocycles. The van der Waals surface area contributed by atoms with Gasteiger partial charge in [-0.3, -0.25) is 9.78 Å². The molecule has 0 unspecified atom stereocenters. The van der Waals surface area contributed by atoms with Gasteiger partial charge in [-0.25, -0.2) is 9.89 Å². The number of aromatic amines is 2. The van der Waals surface area contributed by atoms with Gasteiger partial charge < -0.3 is 5.32 Å². The van der Waals surface area contributed by atoms with Crippen LogP contribution in [0, 0.1) is 6.92 Å². The maximum atomic E-state index is 11.9. The Hall–Kier alpha value is -1.41. The fourth-order valence-electron chi connectivity index (χ4n) is 1.54. The van der Waals surface area contributed by atoms with Crippen molar-refractivity contribution in [3.05, 3.63) is 36.6 Å². The van der Waals surface area contributed by atoms with Crippen molar-refractivity contribution in [2.75, 3.05) is 6.54 Å². The lowest BCUT2D eigenvalue weighted by Crippen LogP contribution is -2.24. The molecule has 8 heteroatoms. The van der Waals surface area contributed by atoms with E-state index in [4.69, 9.17) is 0 Å². The van der Waals surface area contributed by atoms with E-state index in [0.717, 1.165) is 10.0 Å². The lowest BCUT2D eigenvalue weighted by molar-refractivity contribution is 0.0956. The van der Waals surface area contributed by atoms with Crippen LogP contribution in [-0.4, -0.2) is 27.6 Å². The van der Waals surface area contributed by atoms with Gasteiger partial charge in [-0.1, -0.05) is 0 Å². The highest BCUT2D eigenvalue weighted by atomic mass is 79.9. The van der Waals surface area contributed by atoms with Gasteiger partial charge in [0.1, 0.15) is 10.7 Å². The second-order valence-corrected chi connectivity index (χ2v) is 5.72. The molecule has 2 rings (SSSR count). The normalized spacial score (nSPS) is 10.6. The third-order valence-electron chi connectivity index (χ3n) is 2.53. The van der Waals surface area contributed by atoms with Crippen LogP contribution in [0.3, 0.4) is 0 Å². The molecule has 0 bridgehead atoms. The molecule has 0 aromatic carbocycles. The van der Waals surface area contributed by atoms with Crippen molar-refractivity contribution in [3.8, 4) is 0 Å². The first-order valence-electron chi connectivity index (χ1n) is 5.73. The Morgan fingerprint density at radius 2 is 2.37 bits per heavy atom. The number of aromatic nitrogens is 3. The molecule has 0 aliphatic carbocycles. The summed E-state index contributed by atoms with van der Waals surface area (Å²) in [7, 11) is 0. The molecule has 0 fully saturated rings. The van der Waals surface area contributed by atoms with Crippen molar-refractivity contribution in [1.82, 2.24) is 20.5 Å². The van der Waals surface area contributed by atoms with Gasteiger partial charge in [0.25, 0.3) is 5.91 Å². The lowest BCUT2D eigenvalue weighted by atomic mass is 10.3. The molecule has 0 aliphatic rings. The summed E-state index contributed by atoms with van der Waals surface area (Å²) in [5.74, 6) is 0.521. The highest BCUT2D eigenvalue weighted by Gasteiger charge is 2.13. The number of nitrogens with one attached hydrogen (secondary N) is 3. The summed E-state index contributed by atoms with van der Waals surface area (Å²) < 4.78 is 0.853. The van der Waals surface area contributed by atoms with Crippen LogP contribution < -0.4 is 11.0 Å². The molecule has 0 atom stereocenters. The zero-order valence-corrected chi connectivity index (χ0v) is 12.7. The van der Waals surface area contributed by atoms with Gasteiger partial charge in [-0.15, -0.1) is 11.3 Å². The Kier molecular flexibility index (Phi) is 4.54. The number of aryl methyl sites for hydroxylation is 2. The molecule has 102 valence electrons. The standard InChI is InChI=1S/C11H13BrN4O2S/c1-6-5-19-9(8(6)12)10(17)13-4-2-3-7-14-11(18)16-15-7/h5H,2-4H2,1H3,(H,13,17)(H2,14,15,16,18). The van der Waals surface area contributed by atoms with E-state index in [2.05, 4.69) is 36.4 Å². The topological polar surface area (TPSA) is 90.6 Å². The van der Waals surface area contributed by atoms with Crippen molar-refractivity contribution in [3.63, 3.8) is 0 Å². The zero-order valence-electron chi connectivity index (χ0n) is 10.2. The van der Waals surface area contributed by atoms with Crippen LogP contribution >= 0.6 is 27.3 Å². The molecule has 0 saturated carbocycles. The summed E-state index contributed by atoms with van der Waals surface area (Å²) >= 11 is 4.81. The number of rotatable bonds is 5. The van der Waals surface area contributed by atoms with Crippen molar-refractivity contribution < 1.29 is 4.79 Å². The Morgan fingerprint density at radius 1 is 1.58 bits per heavy atom. The van der Waals surface area contributed by atoms with E-state index in [1.54, 1.807) is 0 Å². The predicted octanol–water partition coefficient (Wildman–Crippen LogP) is 1.59. The van der Waals surface area contributed by atoms with Gasteiger partial charge >= 0.3 is 5.69 Å². The van der Waals surface area contributed by atoms with Gasteiger partial charge in [-0.05, 0) is 40.2 Å². The number of thiophene rings is 1. The second-order valence-electron chi connectivity index (χ2n) is 4.05. The molecule has 0 radical (unpaired) electrons. The quantitative estimate of drug-likeness (QED) is 0.719. The van der Waals surface area contributed by atoms with Gasteiger partial charge in [0.15, 0.2) is 0 Å². The Morgan fingerprint density at radius 3 is 2.95 bits per heavy atom. The molecule has 2 aromatic rings. The number of nitrogens with zero attached hydrogens (tertiary/aromatic N) is 1. The number of halogens is 1. The Labute approximate surface area is 121 Å². The minimum atomic E-state index is -0.308. The van der Waals surface area contributed by atoms with E-state index in [9.17, 15) is 9.59 Å². The third-order valence-corrected chi connectivity index (χ3v) is 4.91. The van der Waals surface area contributed by atoms with E-state index < -0.39 is 0 Å². The minimum absolute atomic E-state index is 0.0829. The zero-order chi connectivity index (χ0) is 13.8. The smallest absolute Gasteiger partial charge is 0.340 e. The van der Waals surface area contributed by atoms with E-state index in [0.29, 0.717) is 30.1 Å². The average molecular weight is 345 g/mol. The van der Waals surface area contributed by atoms with Gasteiger partial charge in [0, 0.05) is 17.4 Å². The molecule has 2 heterocycles. The van der Waals surface area contributed by atoms with E-state index in [1.807, 2.05) is 12.3 Å². The fraction of sp³-hybridized carbons (Fsp3) is 0.364. The fourth-order valence-corrected chi connectivity index (χ4v) is 3.13. The molecule has 6 nitrogen and oxygen atoms in total. The first-order valence-corrected chi connectivity index (χ1v) is 7.40. The molecule has 0 spiro atoms. The number of carbonyl (C=O) groups is 1. The molecule has 19 heavy (non-hydrogen) atoms. The number of hydrogen-bond donors (Lipinski definition) is 3. The highest BCUT2D eigenvalue weighted by molar-refractivity contribution is 9.10. The lowest BCUT2D eigenvalue weighted by Gasteiger charge is -2.03. The number of amides is 1. The van der Waals surface area contributed by atoms with Crippen molar-refractivity contribution in [2.45, 2.75) is 19.8 Å². The van der Waals surface area contributed by atoms with Gasteiger partial charge in [0.05, 0.1) is 0 Å². The first-order chi connectivity index (χ1) is 9.08. The maximum Gasteiger partial charge on any atom is 0.340 e.